The number of amides is 1. The van der Waals surface area contributed by atoms with Gasteiger partial charge in [0.15, 0.2) is 11.6 Å². The van der Waals surface area contributed by atoms with E-state index in [1.807, 2.05) is 4.90 Å². The molecule has 4 rings (SSSR count). The highest BCUT2D eigenvalue weighted by Gasteiger charge is 2.31. The molecule has 1 aromatic rings. The number of hydrogen-bond acceptors (Lipinski definition) is 4. The average Bonchev–Trinajstić information content (AvgIpc) is 3.45. The standard InChI is InChI=1S/C24H36FN3O2/c25-22-18-20(9-10-23(22)30-17-7-15-26-11-2-1-3-12-26)24(29)28-16-6-8-21(28)19-27-13-4-5-14-27/h9-10,18,21H,1-8,11-17,19H2. The van der Waals surface area contributed by atoms with Gasteiger partial charge in [-0.3, -0.25) is 4.79 Å². The third-order valence-electron chi connectivity index (χ3n) is 6.81. The maximum atomic E-state index is 14.6. The Morgan fingerprint density at radius 2 is 1.70 bits per heavy atom. The third-order valence-corrected chi connectivity index (χ3v) is 6.81. The molecular weight excluding hydrogens is 381 g/mol. The summed E-state index contributed by atoms with van der Waals surface area (Å²) < 4.78 is 20.3. The number of carbonyl (C=O) groups excluding carboxylic acids is 1. The molecule has 166 valence electrons. The number of hydrogen-bond donors (Lipinski definition) is 0. The second kappa shape index (κ2) is 10.6. The molecule has 0 spiro atoms. The van der Waals surface area contributed by atoms with Crippen molar-refractivity contribution in [2.45, 2.75) is 57.4 Å². The summed E-state index contributed by atoms with van der Waals surface area (Å²) in [5.74, 6) is -0.235. The van der Waals surface area contributed by atoms with E-state index in [1.165, 1.54) is 51.3 Å². The van der Waals surface area contributed by atoms with Crippen LogP contribution >= 0.6 is 0 Å². The molecule has 1 unspecified atom stereocenters. The van der Waals surface area contributed by atoms with Gasteiger partial charge in [-0.25, -0.2) is 4.39 Å². The summed E-state index contributed by atoms with van der Waals surface area (Å²) >= 11 is 0. The summed E-state index contributed by atoms with van der Waals surface area (Å²) in [4.78, 5) is 19.9. The van der Waals surface area contributed by atoms with Crippen LogP contribution in [0.4, 0.5) is 4.39 Å². The average molecular weight is 418 g/mol. The molecule has 1 atom stereocenters. The lowest BCUT2D eigenvalue weighted by Gasteiger charge is -2.28. The van der Waals surface area contributed by atoms with Gasteiger partial charge in [-0.15, -0.1) is 0 Å². The van der Waals surface area contributed by atoms with Crippen LogP contribution in [0.15, 0.2) is 18.2 Å². The Morgan fingerprint density at radius 1 is 0.967 bits per heavy atom. The molecule has 3 aliphatic heterocycles. The molecule has 1 aromatic carbocycles. The zero-order chi connectivity index (χ0) is 20.8. The van der Waals surface area contributed by atoms with Gasteiger partial charge in [-0.1, -0.05) is 6.42 Å². The van der Waals surface area contributed by atoms with Gasteiger partial charge in [-0.05, 0) is 89.3 Å². The van der Waals surface area contributed by atoms with Crippen LogP contribution in [-0.4, -0.2) is 79.1 Å². The predicted octanol–water partition coefficient (Wildman–Crippen LogP) is 3.78. The van der Waals surface area contributed by atoms with Crippen LogP contribution in [0.3, 0.4) is 0 Å². The van der Waals surface area contributed by atoms with Gasteiger partial charge >= 0.3 is 0 Å². The predicted molar refractivity (Wildman–Crippen MR) is 117 cm³/mol. The van der Waals surface area contributed by atoms with Gasteiger partial charge in [0.25, 0.3) is 5.91 Å². The minimum atomic E-state index is -0.436. The minimum absolute atomic E-state index is 0.0488. The molecule has 3 aliphatic rings. The van der Waals surface area contributed by atoms with Crippen molar-refractivity contribution < 1.29 is 13.9 Å². The SMILES string of the molecule is O=C(c1ccc(OCCCN2CCCCC2)c(F)c1)N1CCCC1CN1CCCC1. The molecule has 0 radical (unpaired) electrons. The first kappa shape index (κ1) is 21.6. The Bertz CT molecular complexity index is 702. The van der Waals surface area contributed by atoms with Gasteiger partial charge < -0.3 is 19.4 Å². The highest BCUT2D eigenvalue weighted by molar-refractivity contribution is 5.94. The first-order valence-corrected chi connectivity index (χ1v) is 11.9. The number of piperidine rings is 1. The van der Waals surface area contributed by atoms with E-state index in [-0.39, 0.29) is 17.7 Å². The highest BCUT2D eigenvalue weighted by Crippen LogP contribution is 2.25. The zero-order valence-corrected chi connectivity index (χ0v) is 18.2. The summed E-state index contributed by atoms with van der Waals surface area (Å²) in [7, 11) is 0. The van der Waals surface area contributed by atoms with Crippen molar-refractivity contribution in [1.29, 1.82) is 0 Å². The van der Waals surface area contributed by atoms with Gasteiger partial charge in [0, 0.05) is 31.2 Å². The Morgan fingerprint density at radius 3 is 2.47 bits per heavy atom. The number of likely N-dealkylation sites (tertiary alicyclic amines) is 3. The fourth-order valence-electron chi connectivity index (χ4n) is 5.13. The Kier molecular flexibility index (Phi) is 7.61. The molecule has 5 nitrogen and oxygen atoms in total. The Balaban J connectivity index is 1.27. The van der Waals surface area contributed by atoms with Crippen molar-refractivity contribution in [2.24, 2.45) is 0 Å². The summed E-state index contributed by atoms with van der Waals surface area (Å²) in [6.07, 6.45) is 9.37. The van der Waals surface area contributed by atoms with E-state index in [9.17, 15) is 9.18 Å². The molecule has 0 saturated carbocycles. The van der Waals surface area contributed by atoms with Crippen LogP contribution in [0.25, 0.3) is 0 Å². The monoisotopic (exact) mass is 417 g/mol. The lowest BCUT2D eigenvalue weighted by atomic mass is 10.1. The molecule has 3 saturated heterocycles. The number of nitrogens with zero attached hydrogens (tertiary/aromatic N) is 3. The molecule has 30 heavy (non-hydrogen) atoms. The fraction of sp³-hybridized carbons (Fsp3) is 0.708. The zero-order valence-electron chi connectivity index (χ0n) is 18.2. The fourth-order valence-corrected chi connectivity index (χ4v) is 5.13. The van der Waals surface area contributed by atoms with Crippen LogP contribution in [0, 0.1) is 5.82 Å². The third kappa shape index (κ3) is 5.52. The molecule has 0 aromatic heterocycles. The van der Waals surface area contributed by atoms with Gasteiger partial charge in [0.05, 0.1) is 6.61 Å². The number of halogens is 1. The van der Waals surface area contributed by atoms with Crippen molar-refractivity contribution in [3.63, 3.8) is 0 Å². The quantitative estimate of drug-likeness (QED) is 0.603. The summed E-state index contributed by atoms with van der Waals surface area (Å²) in [6.45, 7) is 7.84. The molecule has 0 bridgehead atoms. The largest absolute Gasteiger partial charge is 0.490 e. The number of carbonyl (C=O) groups is 1. The van der Waals surface area contributed by atoms with Gasteiger partial charge in [-0.2, -0.15) is 0 Å². The van der Waals surface area contributed by atoms with Crippen molar-refractivity contribution in [2.75, 3.05) is 52.4 Å². The summed E-state index contributed by atoms with van der Waals surface area (Å²) in [5, 5.41) is 0. The van der Waals surface area contributed by atoms with Gasteiger partial charge in [0.2, 0.25) is 0 Å². The van der Waals surface area contributed by atoms with Gasteiger partial charge in [0.1, 0.15) is 0 Å². The molecule has 0 aliphatic carbocycles. The topological polar surface area (TPSA) is 36.0 Å². The van der Waals surface area contributed by atoms with Crippen LogP contribution in [-0.2, 0) is 0 Å². The van der Waals surface area contributed by atoms with E-state index in [0.717, 1.165) is 52.0 Å². The molecule has 1 amide bonds. The lowest BCUT2D eigenvalue weighted by molar-refractivity contribution is 0.0708. The summed E-state index contributed by atoms with van der Waals surface area (Å²) in [6, 6.07) is 4.95. The van der Waals surface area contributed by atoms with Crippen molar-refractivity contribution >= 4 is 5.91 Å². The van der Waals surface area contributed by atoms with E-state index in [2.05, 4.69) is 9.80 Å². The minimum Gasteiger partial charge on any atom is -0.490 e. The van der Waals surface area contributed by atoms with Crippen LogP contribution < -0.4 is 4.74 Å². The Hall–Kier alpha value is -1.66. The highest BCUT2D eigenvalue weighted by atomic mass is 19.1. The molecule has 6 heteroatoms. The molecule has 3 fully saturated rings. The second-order valence-electron chi connectivity index (χ2n) is 9.05. The van der Waals surface area contributed by atoms with E-state index < -0.39 is 5.82 Å². The van der Waals surface area contributed by atoms with E-state index in [1.54, 1.807) is 12.1 Å². The first-order valence-electron chi connectivity index (χ1n) is 11.9. The number of rotatable bonds is 8. The van der Waals surface area contributed by atoms with Crippen LogP contribution in [0.1, 0.15) is 61.7 Å². The smallest absolute Gasteiger partial charge is 0.254 e. The Labute approximate surface area is 180 Å². The van der Waals surface area contributed by atoms with Crippen LogP contribution in [0.2, 0.25) is 0 Å². The van der Waals surface area contributed by atoms with E-state index in [4.69, 9.17) is 4.74 Å². The second-order valence-corrected chi connectivity index (χ2v) is 9.05. The van der Waals surface area contributed by atoms with Crippen molar-refractivity contribution in [1.82, 2.24) is 14.7 Å². The summed E-state index contributed by atoms with van der Waals surface area (Å²) in [5.41, 5.74) is 0.432. The normalized spacial score (nSPS) is 23.2. The first-order chi connectivity index (χ1) is 14.7. The van der Waals surface area contributed by atoms with Crippen molar-refractivity contribution in [3.05, 3.63) is 29.6 Å². The maximum Gasteiger partial charge on any atom is 0.254 e. The van der Waals surface area contributed by atoms with E-state index >= 15 is 0 Å². The molecular formula is C24H36FN3O2. The van der Waals surface area contributed by atoms with Crippen LogP contribution in [0.5, 0.6) is 5.75 Å². The van der Waals surface area contributed by atoms with E-state index in [0.29, 0.717) is 12.2 Å². The van der Waals surface area contributed by atoms with Crippen molar-refractivity contribution in [3.8, 4) is 5.75 Å². The lowest BCUT2D eigenvalue weighted by Crippen LogP contribution is -2.42. The maximum absolute atomic E-state index is 14.6. The number of benzene rings is 1. The number of ether oxygens (including phenoxy) is 1. The molecule has 3 heterocycles. The molecule has 0 N–H and O–H groups in total.